The molecule has 0 unspecified atom stereocenters. The van der Waals surface area contributed by atoms with Crippen LogP contribution in [0.1, 0.15) is 58.3 Å². The van der Waals surface area contributed by atoms with E-state index in [1.54, 1.807) is 6.07 Å². The minimum atomic E-state index is -0.575. The maximum absolute atomic E-state index is 13.4. The number of primary amides is 1. The van der Waals surface area contributed by atoms with Crippen LogP contribution < -0.4 is 16.0 Å². The molecule has 4 rings (SSSR count). The fourth-order valence-electron chi connectivity index (χ4n) is 4.74. The zero-order valence-corrected chi connectivity index (χ0v) is 20.5. The fourth-order valence-corrected chi connectivity index (χ4v) is 6.07. The predicted molar refractivity (Wildman–Crippen MR) is 132 cm³/mol. The van der Waals surface area contributed by atoms with Crippen LogP contribution in [0.4, 0.5) is 16.4 Å². The number of thiophene rings is 1. The van der Waals surface area contributed by atoms with Crippen molar-refractivity contribution in [1.29, 1.82) is 0 Å². The van der Waals surface area contributed by atoms with Crippen molar-refractivity contribution < 1.29 is 19.2 Å². The number of nitrogens with zero attached hydrogens (tertiary/aromatic N) is 2. The molecule has 0 bridgehead atoms. The Bertz CT molecular complexity index is 1130. The van der Waals surface area contributed by atoms with Gasteiger partial charge in [-0.05, 0) is 42.2 Å². The number of ether oxygens (including phenoxy) is 1. The van der Waals surface area contributed by atoms with Gasteiger partial charge in [0.25, 0.3) is 17.5 Å². The van der Waals surface area contributed by atoms with Crippen LogP contribution in [0, 0.1) is 21.4 Å². The molecule has 1 fully saturated rings. The smallest absolute Gasteiger partial charge is 0.270 e. The summed E-state index contributed by atoms with van der Waals surface area (Å²) < 4.78 is 5.40. The summed E-state index contributed by atoms with van der Waals surface area (Å²) >= 11 is 1.38. The zero-order valence-electron chi connectivity index (χ0n) is 19.7. The number of hydrogen-bond donors (Lipinski definition) is 2. The Kier molecular flexibility index (Phi) is 6.64. The molecule has 1 aliphatic carbocycles. The summed E-state index contributed by atoms with van der Waals surface area (Å²) in [6.07, 6.45) is 2.51. The second-order valence-electron chi connectivity index (χ2n) is 9.89. The maximum atomic E-state index is 13.4. The number of benzene rings is 1. The highest BCUT2D eigenvalue weighted by Gasteiger charge is 2.34. The number of nitrogens with one attached hydrogen (secondary N) is 1. The average molecular weight is 487 g/mol. The van der Waals surface area contributed by atoms with Crippen molar-refractivity contribution in [3.8, 4) is 0 Å². The molecule has 182 valence electrons. The lowest BCUT2D eigenvalue weighted by atomic mass is 9.72. The Balaban J connectivity index is 1.69. The Morgan fingerprint density at radius 2 is 1.97 bits per heavy atom. The van der Waals surface area contributed by atoms with Crippen LogP contribution in [0.2, 0.25) is 0 Å². The van der Waals surface area contributed by atoms with Crippen LogP contribution in [-0.2, 0) is 17.6 Å². The number of hydrogen-bond acceptors (Lipinski definition) is 7. The third-order valence-corrected chi connectivity index (χ3v) is 7.92. The summed E-state index contributed by atoms with van der Waals surface area (Å²) in [7, 11) is 0. The molecular formula is C24H30N4O5S. The molecule has 1 aromatic carbocycles. The first-order chi connectivity index (χ1) is 16.1. The number of fused-ring (bicyclic) bond motifs is 1. The van der Waals surface area contributed by atoms with Gasteiger partial charge in [-0.2, -0.15) is 0 Å². The lowest BCUT2D eigenvalue weighted by Crippen LogP contribution is -2.37. The number of carbonyl (C=O) groups is 2. The normalized spacial score (nSPS) is 18.3. The Morgan fingerprint density at radius 3 is 2.59 bits per heavy atom. The van der Waals surface area contributed by atoms with Gasteiger partial charge in [0.2, 0.25) is 0 Å². The van der Waals surface area contributed by atoms with Crippen molar-refractivity contribution in [1.82, 2.24) is 0 Å². The second kappa shape index (κ2) is 9.34. The van der Waals surface area contributed by atoms with Gasteiger partial charge in [-0.15, -0.1) is 11.3 Å². The summed E-state index contributed by atoms with van der Waals surface area (Å²) in [6.45, 7) is 8.81. The summed E-state index contributed by atoms with van der Waals surface area (Å²) in [6, 6.07) is 4.28. The quantitative estimate of drug-likeness (QED) is 0.486. The summed E-state index contributed by atoms with van der Waals surface area (Å²) in [5.74, 6) is -0.610. The minimum absolute atomic E-state index is 0.133. The molecule has 1 saturated heterocycles. The molecule has 0 radical (unpaired) electrons. The molecule has 10 heteroatoms. The first kappa shape index (κ1) is 24.2. The van der Waals surface area contributed by atoms with E-state index in [9.17, 15) is 19.7 Å². The van der Waals surface area contributed by atoms with Crippen molar-refractivity contribution in [2.45, 2.75) is 40.0 Å². The third kappa shape index (κ3) is 4.78. The van der Waals surface area contributed by atoms with Crippen LogP contribution in [0.5, 0.6) is 0 Å². The van der Waals surface area contributed by atoms with Gasteiger partial charge in [0, 0.05) is 30.1 Å². The van der Waals surface area contributed by atoms with E-state index in [4.69, 9.17) is 10.5 Å². The van der Waals surface area contributed by atoms with Gasteiger partial charge in [0.15, 0.2) is 0 Å². The summed E-state index contributed by atoms with van der Waals surface area (Å²) in [5.41, 5.74) is 7.76. The largest absolute Gasteiger partial charge is 0.378 e. The average Bonchev–Trinajstić information content (AvgIpc) is 3.15. The van der Waals surface area contributed by atoms with E-state index in [1.807, 2.05) is 4.90 Å². The van der Waals surface area contributed by atoms with Gasteiger partial charge < -0.3 is 20.7 Å². The van der Waals surface area contributed by atoms with Crippen LogP contribution >= 0.6 is 11.3 Å². The second-order valence-corrected chi connectivity index (χ2v) is 11.0. The van der Waals surface area contributed by atoms with Crippen LogP contribution in [0.15, 0.2) is 18.2 Å². The molecule has 1 aliphatic heterocycles. The standard InChI is InChI=1S/C24H30N4O5S/c1-24(2,3)14-4-6-16-19(12-14)34-23(20(16)21(25)29)26-22(30)17-13-15(28(31)32)5-7-18(17)27-8-10-33-11-9-27/h5,7,13-14H,4,6,8-12H2,1-3H3,(H2,25,29)(H,26,30)/t14-/m0/s1. The molecule has 2 aromatic rings. The predicted octanol–water partition coefficient (Wildman–Crippen LogP) is 4.00. The highest BCUT2D eigenvalue weighted by molar-refractivity contribution is 7.17. The number of anilines is 2. The fraction of sp³-hybridized carbons (Fsp3) is 0.500. The highest BCUT2D eigenvalue weighted by Crippen LogP contribution is 2.44. The molecule has 0 spiro atoms. The zero-order chi connectivity index (χ0) is 24.6. The summed E-state index contributed by atoms with van der Waals surface area (Å²) in [4.78, 5) is 39.7. The van der Waals surface area contributed by atoms with Gasteiger partial charge in [-0.1, -0.05) is 20.8 Å². The molecule has 2 aliphatic rings. The molecular weight excluding hydrogens is 456 g/mol. The Labute approximate surface area is 202 Å². The van der Waals surface area contributed by atoms with Crippen LogP contribution in [0.25, 0.3) is 0 Å². The monoisotopic (exact) mass is 486 g/mol. The van der Waals surface area contributed by atoms with E-state index < -0.39 is 16.7 Å². The number of morpholine rings is 1. The molecule has 0 saturated carbocycles. The number of nitro groups is 1. The Morgan fingerprint density at radius 1 is 1.26 bits per heavy atom. The molecule has 34 heavy (non-hydrogen) atoms. The third-order valence-electron chi connectivity index (χ3n) is 6.75. The van der Waals surface area contributed by atoms with Crippen molar-refractivity contribution in [2.24, 2.45) is 17.1 Å². The lowest BCUT2D eigenvalue weighted by Gasteiger charge is -2.33. The summed E-state index contributed by atoms with van der Waals surface area (Å²) in [5, 5.41) is 14.7. The van der Waals surface area contributed by atoms with Gasteiger partial charge in [0.05, 0.1) is 35.0 Å². The SMILES string of the molecule is CC(C)(C)[C@H]1CCc2c(sc(NC(=O)c3cc([N+](=O)[O-])ccc3N3CCOCC3)c2C(N)=O)C1. The molecule has 9 nitrogen and oxygen atoms in total. The molecule has 3 N–H and O–H groups in total. The van der Waals surface area contributed by atoms with Gasteiger partial charge in [-0.25, -0.2) is 0 Å². The molecule has 1 atom stereocenters. The number of nitrogens with two attached hydrogens (primary N) is 1. The highest BCUT2D eigenvalue weighted by atomic mass is 32.1. The van der Waals surface area contributed by atoms with Gasteiger partial charge in [-0.3, -0.25) is 19.7 Å². The first-order valence-corrected chi connectivity index (χ1v) is 12.2. The van der Waals surface area contributed by atoms with E-state index in [2.05, 4.69) is 26.1 Å². The van der Waals surface area contributed by atoms with Crippen molar-refractivity contribution >= 4 is 39.5 Å². The van der Waals surface area contributed by atoms with Crippen molar-refractivity contribution in [3.63, 3.8) is 0 Å². The van der Waals surface area contributed by atoms with E-state index >= 15 is 0 Å². The minimum Gasteiger partial charge on any atom is -0.378 e. The number of non-ortho nitro benzene ring substituents is 1. The first-order valence-electron chi connectivity index (χ1n) is 11.4. The van der Waals surface area contributed by atoms with Gasteiger partial charge in [0.1, 0.15) is 5.00 Å². The van der Waals surface area contributed by atoms with Gasteiger partial charge >= 0.3 is 0 Å². The van der Waals surface area contributed by atoms with Crippen molar-refractivity contribution in [2.75, 3.05) is 36.5 Å². The molecule has 1 aromatic heterocycles. The van der Waals surface area contributed by atoms with E-state index in [-0.39, 0.29) is 16.7 Å². The Hall–Kier alpha value is -2.98. The lowest BCUT2D eigenvalue weighted by molar-refractivity contribution is -0.384. The van der Waals surface area contributed by atoms with E-state index in [0.717, 1.165) is 29.7 Å². The number of carbonyl (C=O) groups excluding carboxylic acids is 2. The van der Waals surface area contributed by atoms with Crippen molar-refractivity contribution in [3.05, 3.63) is 49.9 Å². The number of rotatable bonds is 5. The molecule has 2 amide bonds. The van der Waals surface area contributed by atoms with E-state index in [1.165, 1.54) is 23.5 Å². The van der Waals surface area contributed by atoms with Crippen LogP contribution in [0.3, 0.4) is 0 Å². The number of nitro benzene ring substituents is 1. The maximum Gasteiger partial charge on any atom is 0.270 e. The van der Waals surface area contributed by atoms with E-state index in [0.29, 0.717) is 48.5 Å². The topological polar surface area (TPSA) is 128 Å². The van der Waals surface area contributed by atoms with Crippen LogP contribution in [-0.4, -0.2) is 43.0 Å². The molecule has 2 heterocycles. The number of amides is 2.